The lowest BCUT2D eigenvalue weighted by Crippen LogP contribution is -2.14. The first-order valence-corrected chi connectivity index (χ1v) is 7.60. The number of anilines is 1. The minimum absolute atomic E-state index is 0.775. The molecule has 0 bridgehead atoms. The molecule has 18 heavy (non-hydrogen) atoms. The number of thioether (sulfide) groups is 1. The molecule has 1 saturated heterocycles. The Morgan fingerprint density at radius 2 is 2.28 bits per heavy atom. The molecule has 2 heterocycles. The third kappa shape index (κ3) is 2.46. The van der Waals surface area contributed by atoms with E-state index in [1.54, 1.807) is 0 Å². The van der Waals surface area contributed by atoms with Crippen LogP contribution in [0.2, 0.25) is 0 Å². The second-order valence-corrected chi connectivity index (χ2v) is 6.25. The van der Waals surface area contributed by atoms with Crippen molar-refractivity contribution in [2.75, 3.05) is 17.6 Å². The molecule has 1 fully saturated rings. The van der Waals surface area contributed by atoms with Crippen LogP contribution in [0, 0.1) is 6.92 Å². The number of benzene rings is 1. The molecule has 1 unspecified atom stereocenters. The Bertz CT molecular complexity index is 547. The normalized spacial score (nSPS) is 19.3. The Kier molecular flexibility index (Phi) is 3.41. The standard InChI is InChI=1S/C15H18N2S/c1-11-9-15(16-10-12-5-4-8-18-12)13-6-2-3-7-14(13)17-11/h2-3,6-7,9,12H,4-5,8,10H2,1H3,(H,16,17). The van der Waals surface area contributed by atoms with Crippen LogP contribution in [-0.4, -0.2) is 22.5 Å². The molecule has 0 radical (unpaired) electrons. The zero-order chi connectivity index (χ0) is 12.4. The number of para-hydroxylation sites is 1. The van der Waals surface area contributed by atoms with Gasteiger partial charge in [-0.1, -0.05) is 18.2 Å². The first-order chi connectivity index (χ1) is 8.83. The Morgan fingerprint density at radius 3 is 3.11 bits per heavy atom. The number of fused-ring (bicyclic) bond motifs is 1. The minimum atomic E-state index is 0.775. The van der Waals surface area contributed by atoms with E-state index in [0.717, 1.165) is 23.0 Å². The maximum Gasteiger partial charge on any atom is 0.0725 e. The van der Waals surface area contributed by atoms with Crippen LogP contribution in [0.5, 0.6) is 0 Å². The van der Waals surface area contributed by atoms with Crippen LogP contribution in [0.1, 0.15) is 18.5 Å². The van der Waals surface area contributed by atoms with Crippen LogP contribution in [0.25, 0.3) is 10.9 Å². The van der Waals surface area contributed by atoms with E-state index in [9.17, 15) is 0 Å². The summed E-state index contributed by atoms with van der Waals surface area (Å²) in [6, 6.07) is 10.5. The number of hydrogen-bond donors (Lipinski definition) is 1. The average molecular weight is 258 g/mol. The first kappa shape index (κ1) is 11.8. The Morgan fingerprint density at radius 1 is 1.39 bits per heavy atom. The monoisotopic (exact) mass is 258 g/mol. The summed E-state index contributed by atoms with van der Waals surface area (Å²) in [6.07, 6.45) is 2.72. The van der Waals surface area contributed by atoms with E-state index in [2.05, 4.69) is 53.3 Å². The molecule has 3 rings (SSSR count). The largest absolute Gasteiger partial charge is 0.383 e. The lowest BCUT2D eigenvalue weighted by molar-refractivity contribution is 0.806. The molecule has 0 saturated carbocycles. The fourth-order valence-corrected chi connectivity index (χ4v) is 3.68. The van der Waals surface area contributed by atoms with E-state index in [0.29, 0.717) is 0 Å². The first-order valence-electron chi connectivity index (χ1n) is 6.55. The minimum Gasteiger partial charge on any atom is -0.383 e. The summed E-state index contributed by atoms with van der Waals surface area (Å²) >= 11 is 2.09. The third-order valence-corrected chi connectivity index (χ3v) is 4.79. The number of aryl methyl sites for hydroxylation is 1. The number of aromatic nitrogens is 1. The Hall–Kier alpha value is -1.22. The molecule has 2 nitrogen and oxygen atoms in total. The third-order valence-electron chi connectivity index (χ3n) is 3.39. The van der Waals surface area contributed by atoms with Gasteiger partial charge in [-0.3, -0.25) is 4.98 Å². The van der Waals surface area contributed by atoms with Gasteiger partial charge in [-0.15, -0.1) is 0 Å². The molecular weight excluding hydrogens is 240 g/mol. The van der Waals surface area contributed by atoms with Crippen molar-refractivity contribution in [2.45, 2.75) is 25.0 Å². The smallest absolute Gasteiger partial charge is 0.0725 e. The molecule has 94 valence electrons. The summed E-state index contributed by atoms with van der Waals surface area (Å²) in [5.74, 6) is 1.32. The molecule has 1 aliphatic heterocycles. The van der Waals surface area contributed by atoms with E-state index in [1.807, 2.05) is 6.07 Å². The summed E-state index contributed by atoms with van der Waals surface area (Å²) in [7, 11) is 0. The highest BCUT2D eigenvalue weighted by atomic mass is 32.2. The van der Waals surface area contributed by atoms with Gasteiger partial charge in [-0.25, -0.2) is 0 Å². The van der Waals surface area contributed by atoms with E-state index in [4.69, 9.17) is 0 Å². The molecule has 0 aliphatic carbocycles. The van der Waals surface area contributed by atoms with Crippen LogP contribution >= 0.6 is 11.8 Å². The van der Waals surface area contributed by atoms with Gasteiger partial charge in [0.15, 0.2) is 0 Å². The van der Waals surface area contributed by atoms with Gasteiger partial charge in [0.1, 0.15) is 0 Å². The van der Waals surface area contributed by atoms with Crippen molar-refractivity contribution in [3.63, 3.8) is 0 Å². The van der Waals surface area contributed by atoms with Crippen LogP contribution in [0.3, 0.4) is 0 Å². The van der Waals surface area contributed by atoms with Gasteiger partial charge in [0.25, 0.3) is 0 Å². The number of pyridine rings is 1. The average Bonchev–Trinajstić information content (AvgIpc) is 2.89. The fraction of sp³-hybridized carbons (Fsp3) is 0.400. The lowest BCUT2D eigenvalue weighted by atomic mass is 10.1. The molecular formula is C15H18N2S. The van der Waals surface area contributed by atoms with Gasteiger partial charge in [0, 0.05) is 28.6 Å². The lowest BCUT2D eigenvalue weighted by Gasteiger charge is -2.14. The zero-order valence-corrected chi connectivity index (χ0v) is 11.5. The van der Waals surface area contributed by atoms with Crippen LogP contribution < -0.4 is 5.32 Å². The van der Waals surface area contributed by atoms with Crippen molar-refractivity contribution in [3.8, 4) is 0 Å². The summed E-state index contributed by atoms with van der Waals surface area (Å²) in [4.78, 5) is 4.57. The van der Waals surface area contributed by atoms with Crippen molar-refractivity contribution < 1.29 is 0 Å². The van der Waals surface area contributed by atoms with E-state index < -0.39 is 0 Å². The molecule has 2 aromatic rings. The molecule has 1 aliphatic rings. The zero-order valence-electron chi connectivity index (χ0n) is 10.6. The van der Waals surface area contributed by atoms with Crippen LogP contribution in [-0.2, 0) is 0 Å². The molecule has 1 aromatic carbocycles. The van der Waals surface area contributed by atoms with Crippen molar-refractivity contribution in [1.82, 2.24) is 4.98 Å². The van der Waals surface area contributed by atoms with Gasteiger partial charge in [0.2, 0.25) is 0 Å². The van der Waals surface area contributed by atoms with Gasteiger partial charge < -0.3 is 5.32 Å². The van der Waals surface area contributed by atoms with Crippen molar-refractivity contribution in [3.05, 3.63) is 36.0 Å². The van der Waals surface area contributed by atoms with E-state index in [-0.39, 0.29) is 0 Å². The Balaban J connectivity index is 1.85. The van der Waals surface area contributed by atoms with E-state index in [1.165, 1.54) is 29.7 Å². The quantitative estimate of drug-likeness (QED) is 0.905. The fourth-order valence-electron chi connectivity index (χ4n) is 2.48. The van der Waals surface area contributed by atoms with Gasteiger partial charge in [-0.05, 0) is 37.7 Å². The van der Waals surface area contributed by atoms with Crippen molar-refractivity contribution >= 4 is 28.4 Å². The second-order valence-electron chi connectivity index (χ2n) is 4.84. The highest BCUT2D eigenvalue weighted by Crippen LogP contribution is 2.28. The molecule has 1 aromatic heterocycles. The highest BCUT2D eigenvalue weighted by molar-refractivity contribution is 8.00. The number of rotatable bonds is 3. The predicted molar refractivity (Wildman–Crippen MR) is 80.4 cm³/mol. The maximum atomic E-state index is 4.57. The van der Waals surface area contributed by atoms with Gasteiger partial charge in [-0.2, -0.15) is 11.8 Å². The SMILES string of the molecule is Cc1cc(NCC2CCCS2)c2ccccc2n1. The summed E-state index contributed by atoms with van der Waals surface area (Å²) < 4.78 is 0. The highest BCUT2D eigenvalue weighted by Gasteiger charge is 2.15. The van der Waals surface area contributed by atoms with Gasteiger partial charge in [0.05, 0.1) is 5.52 Å². The summed E-state index contributed by atoms with van der Waals surface area (Å²) in [5.41, 5.74) is 3.39. The summed E-state index contributed by atoms with van der Waals surface area (Å²) in [6.45, 7) is 3.13. The Labute approximate surface area is 112 Å². The maximum absolute atomic E-state index is 4.57. The molecule has 3 heteroatoms. The molecule has 1 N–H and O–H groups in total. The van der Waals surface area contributed by atoms with Crippen LogP contribution in [0.4, 0.5) is 5.69 Å². The number of nitrogens with zero attached hydrogens (tertiary/aromatic N) is 1. The molecule has 0 amide bonds. The van der Waals surface area contributed by atoms with E-state index >= 15 is 0 Å². The van der Waals surface area contributed by atoms with Gasteiger partial charge >= 0.3 is 0 Å². The second kappa shape index (κ2) is 5.19. The predicted octanol–water partition coefficient (Wildman–Crippen LogP) is 3.85. The van der Waals surface area contributed by atoms with Crippen LogP contribution in [0.15, 0.2) is 30.3 Å². The van der Waals surface area contributed by atoms with Crippen molar-refractivity contribution in [2.24, 2.45) is 0 Å². The molecule has 1 atom stereocenters. The topological polar surface area (TPSA) is 24.9 Å². The summed E-state index contributed by atoms with van der Waals surface area (Å²) in [5, 5.41) is 5.61. The van der Waals surface area contributed by atoms with Crippen molar-refractivity contribution in [1.29, 1.82) is 0 Å². The number of hydrogen-bond acceptors (Lipinski definition) is 3. The number of nitrogens with one attached hydrogen (secondary N) is 1. The molecule has 0 spiro atoms.